The third-order valence-corrected chi connectivity index (χ3v) is 4.67. The van der Waals surface area contributed by atoms with Crippen LogP contribution in [0.2, 0.25) is 0 Å². The summed E-state index contributed by atoms with van der Waals surface area (Å²) >= 11 is 0. The van der Waals surface area contributed by atoms with E-state index in [1.807, 2.05) is 80.6 Å². The summed E-state index contributed by atoms with van der Waals surface area (Å²) in [6, 6.07) is 25.2. The maximum atomic E-state index is 12.5. The highest BCUT2D eigenvalue weighted by Gasteiger charge is 2.09. The van der Waals surface area contributed by atoms with Gasteiger partial charge in [-0.2, -0.15) is 0 Å². The van der Waals surface area contributed by atoms with Crippen LogP contribution in [0.5, 0.6) is 0 Å². The van der Waals surface area contributed by atoms with Gasteiger partial charge in [0.1, 0.15) is 0 Å². The summed E-state index contributed by atoms with van der Waals surface area (Å²) in [6.07, 6.45) is 0.745. The molecule has 5 nitrogen and oxygen atoms in total. The summed E-state index contributed by atoms with van der Waals surface area (Å²) in [4.78, 5) is 24.3. The van der Waals surface area contributed by atoms with Crippen molar-refractivity contribution in [3.63, 3.8) is 0 Å². The molecule has 0 heterocycles. The number of carbonyl (C=O) groups is 2. The maximum absolute atomic E-state index is 12.5. The Bertz CT molecular complexity index is 1000. The van der Waals surface area contributed by atoms with Crippen LogP contribution in [0, 0.1) is 5.92 Å². The Morgan fingerprint density at radius 2 is 1.50 bits per heavy atom. The molecule has 0 saturated heterocycles. The highest BCUT2D eigenvalue weighted by Crippen LogP contribution is 2.19. The molecular weight excluding hydrogens is 374 g/mol. The Morgan fingerprint density at radius 1 is 0.800 bits per heavy atom. The number of amides is 3. The summed E-state index contributed by atoms with van der Waals surface area (Å²) in [5.41, 5.74) is 4.66. The lowest BCUT2D eigenvalue weighted by Crippen LogP contribution is -2.28. The summed E-state index contributed by atoms with van der Waals surface area (Å²) < 4.78 is 0. The second kappa shape index (κ2) is 10.3. The first-order valence-electron chi connectivity index (χ1n) is 10.1. The fraction of sp³-hybridized carbons (Fsp3) is 0.200. The van der Waals surface area contributed by atoms with Gasteiger partial charge in [-0.1, -0.05) is 74.5 Å². The molecule has 3 rings (SSSR count). The quantitative estimate of drug-likeness (QED) is 0.510. The largest absolute Gasteiger partial charge is 0.334 e. The van der Waals surface area contributed by atoms with Gasteiger partial charge in [0.15, 0.2) is 0 Å². The first-order chi connectivity index (χ1) is 14.5. The highest BCUT2D eigenvalue weighted by molar-refractivity contribution is 5.92. The van der Waals surface area contributed by atoms with Gasteiger partial charge in [0, 0.05) is 23.8 Å². The van der Waals surface area contributed by atoms with Crippen molar-refractivity contribution in [3.05, 3.63) is 95.6 Å². The molecule has 0 aliphatic heterocycles. The number of rotatable bonds is 7. The molecule has 0 aromatic heterocycles. The SMILES string of the molecule is CC(C)C(=O)Nc1cccc(CNC(=O)Nc2ccccc2Cc2ccccc2)c1. The van der Waals surface area contributed by atoms with Crippen LogP contribution in [-0.2, 0) is 17.8 Å². The molecular formula is C25H27N3O2. The molecule has 30 heavy (non-hydrogen) atoms. The molecule has 0 unspecified atom stereocenters. The highest BCUT2D eigenvalue weighted by atomic mass is 16.2. The Balaban J connectivity index is 1.59. The number of benzene rings is 3. The molecule has 0 spiro atoms. The zero-order chi connectivity index (χ0) is 21.3. The summed E-state index contributed by atoms with van der Waals surface area (Å²) in [5.74, 6) is -0.124. The Hall–Kier alpha value is -3.60. The van der Waals surface area contributed by atoms with Crippen molar-refractivity contribution >= 4 is 23.3 Å². The van der Waals surface area contributed by atoms with E-state index in [0.717, 1.165) is 28.9 Å². The molecule has 3 aromatic carbocycles. The maximum Gasteiger partial charge on any atom is 0.319 e. The van der Waals surface area contributed by atoms with Crippen molar-refractivity contribution < 1.29 is 9.59 Å². The summed E-state index contributed by atoms with van der Waals surface area (Å²) in [5, 5.41) is 8.69. The van der Waals surface area contributed by atoms with E-state index in [4.69, 9.17) is 0 Å². The van der Waals surface area contributed by atoms with E-state index in [2.05, 4.69) is 28.1 Å². The smallest absolute Gasteiger partial charge is 0.319 e. The molecule has 5 heteroatoms. The first-order valence-corrected chi connectivity index (χ1v) is 10.1. The zero-order valence-electron chi connectivity index (χ0n) is 17.3. The van der Waals surface area contributed by atoms with Crippen molar-refractivity contribution in [2.45, 2.75) is 26.8 Å². The second-order valence-electron chi connectivity index (χ2n) is 7.47. The summed E-state index contributed by atoms with van der Waals surface area (Å²) in [6.45, 7) is 4.06. The van der Waals surface area contributed by atoms with Crippen LogP contribution in [0.15, 0.2) is 78.9 Å². The van der Waals surface area contributed by atoms with Gasteiger partial charge in [-0.15, -0.1) is 0 Å². The number of hydrogen-bond acceptors (Lipinski definition) is 2. The molecule has 0 atom stereocenters. The molecule has 0 radical (unpaired) electrons. The van der Waals surface area contributed by atoms with Crippen molar-refractivity contribution in [3.8, 4) is 0 Å². The minimum Gasteiger partial charge on any atom is -0.334 e. The number of nitrogens with one attached hydrogen (secondary N) is 3. The third kappa shape index (κ3) is 6.21. The molecule has 0 bridgehead atoms. The monoisotopic (exact) mass is 401 g/mol. The number of urea groups is 1. The van der Waals surface area contributed by atoms with Gasteiger partial charge in [-0.25, -0.2) is 4.79 Å². The number of anilines is 2. The van der Waals surface area contributed by atoms with E-state index >= 15 is 0 Å². The number of carbonyl (C=O) groups excluding carboxylic acids is 2. The Kier molecular flexibility index (Phi) is 7.22. The van der Waals surface area contributed by atoms with E-state index in [0.29, 0.717) is 6.54 Å². The van der Waals surface area contributed by atoms with Gasteiger partial charge in [0.25, 0.3) is 0 Å². The van der Waals surface area contributed by atoms with Crippen molar-refractivity contribution in [2.24, 2.45) is 5.92 Å². The predicted molar refractivity (Wildman–Crippen MR) is 121 cm³/mol. The van der Waals surface area contributed by atoms with Crippen LogP contribution >= 0.6 is 0 Å². The first kappa shape index (κ1) is 21.1. The Labute approximate surface area is 177 Å². The predicted octanol–water partition coefficient (Wildman–Crippen LogP) is 5.19. The third-order valence-electron chi connectivity index (χ3n) is 4.67. The van der Waals surface area contributed by atoms with Gasteiger partial charge >= 0.3 is 6.03 Å². The van der Waals surface area contributed by atoms with Crippen molar-refractivity contribution in [1.29, 1.82) is 0 Å². The average Bonchev–Trinajstić information content (AvgIpc) is 2.74. The molecule has 0 fully saturated rings. The van der Waals surface area contributed by atoms with Crippen molar-refractivity contribution in [2.75, 3.05) is 10.6 Å². The van der Waals surface area contributed by atoms with Crippen LogP contribution in [0.4, 0.5) is 16.2 Å². The topological polar surface area (TPSA) is 70.2 Å². The summed E-state index contributed by atoms with van der Waals surface area (Å²) in [7, 11) is 0. The van der Waals surface area contributed by atoms with E-state index in [1.54, 1.807) is 0 Å². The van der Waals surface area contributed by atoms with E-state index in [9.17, 15) is 9.59 Å². The van der Waals surface area contributed by atoms with Crippen LogP contribution in [0.3, 0.4) is 0 Å². The lowest BCUT2D eigenvalue weighted by molar-refractivity contribution is -0.118. The minimum absolute atomic E-state index is 0.0344. The van der Waals surface area contributed by atoms with E-state index in [1.165, 1.54) is 5.56 Å². The lowest BCUT2D eigenvalue weighted by Gasteiger charge is -2.13. The molecule has 3 aromatic rings. The standard InChI is InChI=1S/C25H27N3O2/c1-18(2)24(29)27-22-13-8-11-20(16-22)17-26-25(30)28-23-14-7-6-12-21(23)15-19-9-4-3-5-10-19/h3-14,16,18H,15,17H2,1-2H3,(H,27,29)(H2,26,28,30). The van der Waals surface area contributed by atoms with E-state index in [-0.39, 0.29) is 17.9 Å². The van der Waals surface area contributed by atoms with E-state index < -0.39 is 0 Å². The fourth-order valence-corrected chi connectivity index (χ4v) is 3.01. The molecule has 0 aliphatic carbocycles. The number of hydrogen-bond donors (Lipinski definition) is 3. The minimum atomic E-state index is -0.271. The van der Waals surface area contributed by atoms with Crippen LogP contribution in [0.1, 0.15) is 30.5 Å². The van der Waals surface area contributed by atoms with Gasteiger partial charge in [-0.3, -0.25) is 4.79 Å². The van der Waals surface area contributed by atoms with Gasteiger partial charge in [0.05, 0.1) is 0 Å². The van der Waals surface area contributed by atoms with Gasteiger partial charge < -0.3 is 16.0 Å². The molecule has 0 aliphatic rings. The van der Waals surface area contributed by atoms with Crippen LogP contribution < -0.4 is 16.0 Å². The second-order valence-corrected chi connectivity index (χ2v) is 7.47. The van der Waals surface area contributed by atoms with Crippen molar-refractivity contribution in [1.82, 2.24) is 5.32 Å². The number of para-hydroxylation sites is 1. The zero-order valence-corrected chi connectivity index (χ0v) is 17.3. The molecule has 154 valence electrons. The fourth-order valence-electron chi connectivity index (χ4n) is 3.01. The van der Waals surface area contributed by atoms with Crippen LogP contribution in [0.25, 0.3) is 0 Å². The average molecular weight is 402 g/mol. The normalized spacial score (nSPS) is 10.5. The van der Waals surface area contributed by atoms with Gasteiger partial charge in [-0.05, 0) is 41.3 Å². The van der Waals surface area contributed by atoms with Crippen LogP contribution in [-0.4, -0.2) is 11.9 Å². The van der Waals surface area contributed by atoms with Gasteiger partial charge in [0.2, 0.25) is 5.91 Å². The molecule has 3 amide bonds. The Morgan fingerprint density at radius 3 is 2.27 bits per heavy atom. The molecule has 3 N–H and O–H groups in total. The molecule has 0 saturated carbocycles. The lowest BCUT2D eigenvalue weighted by atomic mass is 10.0.